The van der Waals surface area contributed by atoms with Crippen LogP contribution in [0.15, 0.2) is 188 Å². The van der Waals surface area contributed by atoms with Crippen LogP contribution in [0, 0.1) is 11.3 Å². The average molecular weight is 690 g/mol. The van der Waals surface area contributed by atoms with Crippen LogP contribution >= 0.6 is 0 Å². The average Bonchev–Trinajstić information content (AvgIpc) is 3.48. The molecule has 0 aliphatic carbocycles. The lowest BCUT2D eigenvalue weighted by molar-refractivity contribution is 0.812. The lowest BCUT2D eigenvalue weighted by atomic mass is 9.90. The van der Waals surface area contributed by atoms with Crippen molar-refractivity contribution >= 4 is 27.5 Å². The number of anilines is 1. The maximum absolute atomic E-state index is 9.71. The zero-order valence-corrected chi connectivity index (χ0v) is 29.7. The predicted octanol–water partition coefficient (Wildman–Crippen LogP) is 12.8. The third kappa shape index (κ3) is 5.53. The molecule has 254 valence electrons. The van der Waals surface area contributed by atoms with Crippen LogP contribution in [0.1, 0.15) is 16.7 Å². The second-order valence-electron chi connectivity index (χ2n) is 14.1. The molecule has 9 aromatic rings. The standard InChI is InChI=1S/C51H35N3/c52-32-35-20-25-51-49(26-35)47-18-10-11-19-50(47)54(51)45-23-21-39-33-53(44-16-8-3-9-17-44)34-43-27-38(22-24-46(43)48(39)31-45)42-29-40(36-12-4-1-5-13-36)28-41(30-42)37-14-6-2-7-15-37/h1-31H,33-34H2. The van der Waals surface area contributed by atoms with Crippen LogP contribution in [0.4, 0.5) is 5.69 Å². The van der Waals surface area contributed by atoms with Gasteiger partial charge in [0.1, 0.15) is 0 Å². The second-order valence-corrected chi connectivity index (χ2v) is 14.1. The van der Waals surface area contributed by atoms with E-state index in [1.807, 2.05) is 12.1 Å². The van der Waals surface area contributed by atoms with Gasteiger partial charge in [-0.05, 0) is 128 Å². The zero-order valence-electron chi connectivity index (χ0n) is 29.7. The summed E-state index contributed by atoms with van der Waals surface area (Å²) in [5, 5.41) is 11.9. The first-order valence-electron chi connectivity index (χ1n) is 18.5. The summed E-state index contributed by atoms with van der Waals surface area (Å²) < 4.78 is 2.35. The normalized spacial score (nSPS) is 12.2. The van der Waals surface area contributed by atoms with Gasteiger partial charge in [0.25, 0.3) is 0 Å². The molecule has 1 aromatic heterocycles. The summed E-state index contributed by atoms with van der Waals surface area (Å²) in [5.74, 6) is 0. The van der Waals surface area contributed by atoms with Gasteiger partial charge in [0.05, 0.1) is 22.7 Å². The van der Waals surface area contributed by atoms with E-state index in [-0.39, 0.29) is 0 Å². The van der Waals surface area contributed by atoms with Crippen molar-refractivity contribution in [1.29, 1.82) is 5.26 Å². The summed E-state index contributed by atoms with van der Waals surface area (Å²) in [7, 11) is 0. The van der Waals surface area contributed by atoms with Crippen LogP contribution in [0.5, 0.6) is 0 Å². The lowest BCUT2D eigenvalue weighted by Crippen LogP contribution is -2.20. The summed E-state index contributed by atoms with van der Waals surface area (Å²) in [6.07, 6.45) is 0. The third-order valence-electron chi connectivity index (χ3n) is 10.9. The highest BCUT2D eigenvalue weighted by Gasteiger charge is 2.23. The van der Waals surface area contributed by atoms with Gasteiger partial charge < -0.3 is 9.47 Å². The van der Waals surface area contributed by atoms with Gasteiger partial charge >= 0.3 is 0 Å². The molecule has 0 saturated carbocycles. The Morgan fingerprint density at radius 3 is 1.70 bits per heavy atom. The molecule has 0 amide bonds. The molecule has 0 saturated heterocycles. The Labute approximate surface area is 315 Å². The molecule has 0 radical (unpaired) electrons. The summed E-state index contributed by atoms with van der Waals surface area (Å²) in [4.78, 5) is 2.49. The lowest BCUT2D eigenvalue weighted by Gasteiger charge is -2.24. The molecule has 0 bridgehead atoms. The van der Waals surface area contributed by atoms with Crippen LogP contribution < -0.4 is 4.90 Å². The number of nitrogens with zero attached hydrogens (tertiary/aromatic N) is 3. The minimum atomic E-state index is 0.670. The number of benzene rings is 8. The van der Waals surface area contributed by atoms with Gasteiger partial charge in [0, 0.05) is 35.2 Å². The van der Waals surface area contributed by atoms with E-state index in [2.05, 4.69) is 191 Å². The maximum atomic E-state index is 9.71. The number of para-hydroxylation sites is 2. The highest BCUT2D eigenvalue weighted by Crippen LogP contribution is 2.41. The number of aromatic nitrogens is 1. The SMILES string of the molecule is N#Cc1ccc2c(c1)c1ccccc1n2-c1ccc2c(c1)-c1ccc(-c3cc(-c4ccccc4)cc(-c4ccccc4)c3)cc1CN(c1ccccc1)C2. The van der Waals surface area contributed by atoms with Crippen molar-refractivity contribution in [3.63, 3.8) is 0 Å². The van der Waals surface area contributed by atoms with E-state index >= 15 is 0 Å². The van der Waals surface area contributed by atoms with Crippen molar-refractivity contribution in [1.82, 2.24) is 4.57 Å². The second kappa shape index (κ2) is 13.1. The zero-order chi connectivity index (χ0) is 36.0. The van der Waals surface area contributed by atoms with Crippen LogP contribution in [0.3, 0.4) is 0 Å². The molecular weight excluding hydrogens is 655 g/mol. The molecule has 1 aliphatic heterocycles. The van der Waals surface area contributed by atoms with Gasteiger partial charge in [0.15, 0.2) is 0 Å². The molecule has 54 heavy (non-hydrogen) atoms. The first-order chi connectivity index (χ1) is 26.7. The van der Waals surface area contributed by atoms with Gasteiger partial charge in [-0.2, -0.15) is 5.26 Å². The fourth-order valence-corrected chi connectivity index (χ4v) is 8.26. The molecule has 0 N–H and O–H groups in total. The summed E-state index contributed by atoms with van der Waals surface area (Å²) in [6.45, 7) is 1.58. The quantitative estimate of drug-likeness (QED) is 0.180. The monoisotopic (exact) mass is 689 g/mol. The van der Waals surface area contributed by atoms with Crippen LogP contribution in [-0.4, -0.2) is 4.57 Å². The Balaban J connectivity index is 1.16. The van der Waals surface area contributed by atoms with Crippen molar-refractivity contribution < 1.29 is 0 Å². The van der Waals surface area contributed by atoms with Crippen LogP contribution in [0.25, 0.3) is 72.0 Å². The number of fused-ring (bicyclic) bond motifs is 6. The number of nitriles is 1. The van der Waals surface area contributed by atoms with Gasteiger partial charge in [0.2, 0.25) is 0 Å². The summed E-state index contributed by atoms with van der Waals surface area (Å²) in [5.41, 5.74) is 17.5. The van der Waals surface area contributed by atoms with Crippen LogP contribution in [0.2, 0.25) is 0 Å². The molecule has 0 unspecified atom stereocenters. The van der Waals surface area contributed by atoms with Gasteiger partial charge in [-0.15, -0.1) is 0 Å². The Morgan fingerprint density at radius 1 is 0.389 bits per heavy atom. The van der Waals surface area contributed by atoms with Crippen molar-refractivity contribution in [2.45, 2.75) is 13.1 Å². The minimum absolute atomic E-state index is 0.670. The van der Waals surface area contributed by atoms with Crippen molar-refractivity contribution in [3.05, 3.63) is 205 Å². The van der Waals surface area contributed by atoms with Crippen molar-refractivity contribution in [3.8, 4) is 56.3 Å². The molecule has 3 nitrogen and oxygen atoms in total. The number of rotatable bonds is 5. The molecule has 8 aromatic carbocycles. The summed E-state index contributed by atoms with van der Waals surface area (Å²) >= 11 is 0. The molecule has 2 heterocycles. The Morgan fingerprint density at radius 2 is 1.00 bits per heavy atom. The molecule has 0 fully saturated rings. The van der Waals surface area contributed by atoms with Crippen molar-refractivity contribution in [2.75, 3.05) is 4.90 Å². The number of hydrogen-bond donors (Lipinski definition) is 0. The smallest absolute Gasteiger partial charge is 0.0991 e. The topological polar surface area (TPSA) is 32.0 Å². The highest BCUT2D eigenvalue weighted by atomic mass is 15.1. The summed E-state index contributed by atoms with van der Waals surface area (Å²) in [6, 6.07) is 70.0. The molecule has 0 spiro atoms. The van der Waals surface area contributed by atoms with E-state index in [4.69, 9.17) is 0 Å². The predicted molar refractivity (Wildman–Crippen MR) is 224 cm³/mol. The minimum Gasteiger partial charge on any atom is -0.363 e. The van der Waals surface area contributed by atoms with E-state index in [1.165, 1.54) is 61.3 Å². The van der Waals surface area contributed by atoms with Gasteiger partial charge in [-0.25, -0.2) is 0 Å². The van der Waals surface area contributed by atoms with E-state index in [9.17, 15) is 5.26 Å². The molecular formula is C51H35N3. The molecule has 1 aliphatic rings. The van der Waals surface area contributed by atoms with Crippen molar-refractivity contribution in [2.24, 2.45) is 0 Å². The Hall–Kier alpha value is -7.15. The largest absolute Gasteiger partial charge is 0.363 e. The van der Waals surface area contributed by atoms with E-state index in [0.29, 0.717) is 5.56 Å². The fraction of sp³-hybridized carbons (Fsp3) is 0.0392. The highest BCUT2D eigenvalue weighted by molar-refractivity contribution is 6.09. The molecule has 10 rings (SSSR count). The van der Waals surface area contributed by atoms with Crippen LogP contribution in [-0.2, 0) is 13.1 Å². The fourth-order valence-electron chi connectivity index (χ4n) is 8.26. The maximum Gasteiger partial charge on any atom is 0.0991 e. The van der Waals surface area contributed by atoms with E-state index in [1.54, 1.807) is 0 Å². The first-order valence-corrected chi connectivity index (χ1v) is 18.5. The third-order valence-corrected chi connectivity index (χ3v) is 10.9. The van der Waals surface area contributed by atoms with Gasteiger partial charge in [-0.3, -0.25) is 0 Å². The van der Waals surface area contributed by atoms with E-state index in [0.717, 1.165) is 40.6 Å². The molecule has 0 atom stereocenters. The van der Waals surface area contributed by atoms with E-state index < -0.39 is 0 Å². The number of hydrogen-bond acceptors (Lipinski definition) is 2. The Bertz CT molecular complexity index is 2820. The Kier molecular flexibility index (Phi) is 7.67. The molecule has 3 heteroatoms. The van der Waals surface area contributed by atoms with Gasteiger partial charge in [-0.1, -0.05) is 115 Å². The first kappa shape index (κ1) is 31.6.